The van der Waals surface area contributed by atoms with Crippen LogP contribution in [-0.4, -0.2) is 29.3 Å². The minimum atomic E-state index is -0.732. The van der Waals surface area contributed by atoms with Crippen molar-refractivity contribution in [1.82, 2.24) is 0 Å². The molecule has 112 valence electrons. The fourth-order valence-corrected chi connectivity index (χ4v) is 5.83. The van der Waals surface area contributed by atoms with Crippen LogP contribution in [0.4, 0.5) is 0 Å². The van der Waals surface area contributed by atoms with E-state index in [9.17, 15) is 0 Å². The summed E-state index contributed by atoms with van der Waals surface area (Å²) in [6.07, 6.45) is 3.48. The van der Waals surface area contributed by atoms with Crippen LogP contribution in [0.2, 0.25) is 22.8 Å². The summed E-state index contributed by atoms with van der Waals surface area (Å²) in [6, 6.07) is 18.5. The molecule has 22 heavy (non-hydrogen) atoms. The van der Waals surface area contributed by atoms with Crippen molar-refractivity contribution >= 4 is 43.6 Å². The first-order chi connectivity index (χ1) is 10.5. The van der Waals surface area contributed by atoms with Crippen molar-refractivity contribution < 1.29 is 0 Å². The molecule has 0 aliphatic heterocycles. The van der Waals surface area contributed by atoms with Crippen molar-refractivity contribution in [2.75, 3.05) is 0 Å². The maximum atomic E-state index is 2.39. The first-order valence-electron chi connectivity index (χ1n) is 7.66. The molecule has 0 spiro atoms. The van der Waals surface area contributed by atoms with Crippen LogP contribution in [-0.2, 0) is 0 Å². The molecule has 0 nitrogen and oxygen atoms in total. The van der Waals surface area contributed by atoms with Crippen molar-refractivity contribution in [2.45, 2.75) is 29.3 Å². The van der Waals surface area contributed by atoms with Crippen LogP contribution in [0.25, 0.3) is 5.57 Å². The number of rotatable bonds is 4. The second-order valence-electron chi connectivity index (χ2n) is 6.25. The molecule has 0 aromatic heterocycles. The molecule has 0 unspecified atom stereocenters. The summed E-state index contributed by atoms with van der Waals surface area (Å²) in [5.74, 6) is 1.48. The molecule has 0 radical (unpaired) electrons. The third-order valence-corrected chi connectivity index (χ3v) is 9.82. The molecule has 3 rings (SSSR count). The van der Waals surface area contributed by atoms with E-state index in [-0.39, 0.29) is 0 Å². The van der Waals surface area contributed by atoms with Crippen LogP contribution >= 0.6 is 0 Å². The maximum absolute atomic E-state index is 2.39. The van der Waals surface area contributed by atoms with E-state index in [2.05, 4.69) is 77.5 Å². The average Bonchev–Trinajstić information content (AvgIpc) is 2.47. The number of hydrogen-bond acceptors (Lipinski definition) is 0. The summed E-state index contributed by atoms with van der Waals surface area (Å²) in [7, 11) is 0. The summed E-state index contributed by atoms with van der Waals surface area (Å²) < 4.78 is 3.13. The van der Waals surface area contributed by atoms with Crippen LogP contribution in [0, 0.1) is 5.92 Å². The Morgan fingerprint density at radius 2 is 1.18 bits per heavy atom. The molecular formula is C20H23As2+. The van der Waals surface area contributed by atoms with E-state index in [1.807, 2.05) is 0 Å². The molecular weight excluding hydrogens is 390 g/mol. The van der Waals surface area contributed by atoms with Gasteiger partial charge in [0.15, 0.2) is 0 Å². The van der Waals surface area contributed by atoms with E-state index in [0.29, 0.717) is 0 Å². The molecule has 0 saturated carbocycles. The number of allylic oxidation sites excluding steroid dienone is 2. The monoisotopic (exact) mass is 413 g/mol. The molecule has 2 aromatic carbocycles. The molecule has 0 saturated heterocycles. The van der Waals surface area contributed by atoms with Gasteiger partial charge in [-0.1, -0.05) is 0 Å². The Labute approximate surface area is 144 Å². The topological polar surface area (TPSA) is 0 Å². The number of hydrogen-bond donors (Lipinski definition) is 0. The average molecular weight is 413 g/mol. The van der Waals surface area contributed by atoms with E-state index >= 15 is 0 Å². The van der Waals surface area contributed by atoms with Crippen molar-refractivity contribution in [3.63, 3.8) is 0 Å². The fraction of sp³-hybridized carbons (Fsp3) is 0.250. The molecule has 0 bridgehead atoms. The van der Waals surface area contributed by atoms with E-state index < -0.39 is 29.3 Å². The predicted octanol–water partition coefficient (Wildman–Crippen LogP) is 4.02. The van der Waals surface area contributed by atoms with Gasteiger partial charge in [-0.25, -0.2) is 0 Å². The zero-order chi connectivity index (χ0) is 15.7. The van der Waals surface area contributed by atoms with Crippen LogP contribution in [0.5, 0.6) is 0 Å². The molecule has 2 heteroatoms. The summed E-state index contributed by atoms with van der Waals surface area (Å²) >= 11 is -1.46. The Bertz CT molecular complexity index is 664. The van der Waals surface area contributed by atoms with Crippen molar-refractivity contribution in [1.29, 1.82) is 0 Å². The van der Waals surface area contributed by atoms with Crippen molar-refractivity contribution in [3.05, 3.63) is 71.7 Å². The van der Waals surface area contributed by atoms with Gasteiger partial charge in [-0.05, 0) is 0 Å². The van der Waals surface area contributed by atoms with E-state index in [0.717, 1.165) is 6.42 Å². The third kappa shape index (κ3) is 3.39. The van der Waals surface area contributed by atoms with Crippen LogP contribution in [0.3, 0.4) is 0 Å². The summed E-state index contributed by atoms with van der Waals surface area (Å²) in [6.45, 7) is 0. The third-order valence-electron chi connectivity index (χ3n) is 4.24. The second kappa shape index (κ2) is 6.73. The Kier molecular flexibility index (Phi) is 4.91. The standard InChI is InChI=1S/C20H23As2/c1-21(2)19-9-5-15(6-10-19)17-13-18(14-17)16-7-11-20(12-8-16)22(3)4/h5-13H,14H2,1-4H3/q+1. The van der Waals surface area contributed by atoms with Gasteiger partial charge >= 0.3 is 144 Å². The molecule has 0 atom stereocenters. The quantitative estimate of drug-likeness (QED) is 0.525. The zero-order valence-corrected chi connectivity index (χ0v) is 17.6. The van der Waals surface area contributed by atoms with Crippen LogP contribution < -0.4 is 8.70 Å². The van der Waals surface area contributed by atoms with Gasteiger partial charge in [0, 0.05) is 0 Å². The van der Waals surface area contributed by atoms with Gasteiger partial charge < -0.3 is 0 Å². The summed E-state index contributed by atoms with van der Waals surface area (Å²) in [4.78, 5) is 0. The Balaban J connectivity index is 1.71. The van der Waals surface area contributed by atoms with Gasteiger partial charge in [-0.2, -0.15) is 0 Å². The Morgan fingerprint density at radius 3 is 1.64 bits per heavy atom. The van der Waals surface area contributed by atoms with Gasteiger partial charge in [0.2, 0.25) is 0 Å². The Morgan fingerprint density at radius 1 is 0.727 bits per heavy atom. The fourth-order valence-electron chi connectivity index (χ4n) is 2.70. The first-order valence-corrected chi connectivity index (χ1v) is 17.0. The normalized spacial score (nSPS) is 14.3. The second-order valence-corrected chi connectivity index (χ2v) is 15.9. The van der Waals surface area contributed by atoms with E-state index in [1.54, 1.807) is 8.70 Å². The zero-order valence-electron chi connectivity index (χ0n) is 13.8. The molecule has 0 heterocycles. The van der Waals surface area contributed by atoms with E-state index in [1.165, 1.54) is 22.6 Å². The summed E-state index contributed by atoms with van der Waals surface area (Å²) in [5, 5.41) is 0. The number of benzene rings is 2. The molecule has 0 N–H and O–H groups in total. The predicted molar refractivity (Wildman–Crippen MR) is 102 cm³/mol. The van der Waals surface area contributed by atoms with Gasteiger partial charge in [0.25, 0.3) is 0 Å². The van der Waals surface area contributed by atoms with Crippen LogP contribution in [0.15, 0.2) is 54.6 Å². The van der Waals surface area contributed by atoms with Gasteiger partial charge in [-0.15, -0.1) is 0 Å². The van der Waals surface area contributed by atoms with Crippen molar-refractivity contribution in [2.24, 2.45) is 0 Å². The molecule has 2 aromatic rings. The molecule has 0 amide bonds. The SMILES string of the molecule is C[As](C)c1ccc(C2=C[C+](c3ccc([As](C)C)cc3)C2)cc1. The molecule has 1 aliphatic carbocycles. The van der Waals surface area contributed by atoms with Crippen LogP contribution in [0.1, 0.15) is 17.5 Å². The Hall–Kier alpha value is -0.833. The van der Waals surface area contributed by atoms with Crippen molar-refractivity contribution in [3.8, 4) is 0 Å². The van der Waals surface area contributed by atoms with E-state index in [4.69, 9.17) is 0 Å². The minimum absolute atomic E-state index is 0.732. The van der Waals surface area contributed by atoms with Gasteiger partial charge in [0.1, 0.15) is 0 Å². The molecule has 1 aliphatic rings. The molecule has 0 fully saturated rings. The first kappa shape index (κ1) is 16.0. The van der Waals surface area contributed by atoms with Gasteiger partial charge in [-0.3, -0.25) is 0 Å². The van der Waals surface area contributed by atoms with Gasteiger partial charge in [0.05, 0.1) is 0 Å². The summed E-state index contributed by atoms with van der Waals surface area (Å²) in [5.41, 5.74) is 13.8.